The molecular formula is C26H26FNO3. The molecule has 1 atom stereocenters. The maximum Gasteiger partial charge on any atom is 0.326 e. The molecule has 3 aromatic rings. The van der Waals surface area contributed by atoms with E-state index >= 15 is 4.39 Å². The summed E-state index contributed by atoms with van der Waals surface area (Å²) in [5, 5.41) is 21.5. The monoisotopic (exact) mass is 419 g/mol. The molecule has 0 aliphatic carbocycles. The second-order valence-electron chi connectivity index (χ2n) is 7.75. The van der Waals surface area contributed by atoms with Gasteiger partial charge in [-0.3, -0.25) is 10.1 Å². The lowest BCUT2D eigenvalue weighted by atomic mass is 9.99. The zero-order chi connectivity index (χ0) is 22.4. The van der Waals surface area contributed by atoms with E-state index in [-0.39, 0.29) is 12.4 Å². The van der Waals surface area contributed by atoms with Gasteiger partial charge in [0.05, 0.1) is 6.61 Å². The average molecular weight is 419 g/mol. The molecule has 0 bridgehead atoms. The van der Waals surface area contributed by atoms with Crippen molar-refractivity contribution in [2.45, 2.75) is 25.9 Å². The Morgan fingerprint density at radius 3 is 2.42 bits per heavy atom. The van der Waals surface area contributed by atoms with E-state index in [4.69, 9.17) is 0 Å². The molecule has 0 aromatic heterocycles. The van der Waals surface area contributed by atoms with E-state index in [1.54, 1.807) is 18.2 Å². The van der Waals surface area contributed by atoms with Crippen molar-refractivity contribution >= 4 is 18.1 Å². The fourth-order valence-corrected chi connectivity index (χ4v) is 3.17. The van der Waals surface area contributed by atoms with E-state index in [0.29, 0.717) is 11.1 Å². The summed E-state index contributed by atoms with van der Waals surface area (Å²) < 4.78 is 15.1. The van der Waals surface area contributed by atoms with Gasteiger partial charge in [0.1, 0.15) is 11.4 Å². The predicted molar refractivity (Wildman–Crippen MR) is 122 cm³/mol. The van der Waals surface area contributed by atoms with Crippen molar-refractivity contribution in [2.75, 3.05) is 6.61 Å². The summed E-state index contributed by atoms with van der Waals surface area (Å²) >= 11 is 0. The highest BCUT2D eigenvalue weighted by molar-refractivity contribution is 5.78. The Hall–Kier alpha value is -3.28. The Bertz CT molecular complexity index is 1100. The largest absolute Gasteiger partial charge is 0.480 e. The summed E-state index contributed by atoms with van der Waals surface area (Å²) in [4.78, 5) is 11.3. The van der Waals surface area contributed by atoms with Crippen molar-refractivity contribution in [3.8, 4) is 11.1 Å². The zero-order valence-corrected chi connectivity index (χ0v) is 17.6. The first-order chi connectivity index (χ1) is 14.8. The second-order valence-corrected chi connectivity index (χ2v) is 7.75. The summed E-state index contributed by atoms with van der Waals surface area (Å²) in [5.41, 5.74) is 3.24. The van der Waals surface area contributed by atoms with Crippen LogP contribution in [0.2, 0.25) is 0 Å². The van der Waals surface area contributed by atoms with Gasteiger partial charge in [-0.05, 0) is 36.1 Å². The minimum atomic E-state index is -1.41. The topological polar surface area (TPSA) is 69.6 Å². The molecule has 0 fully saturated rings. The standard InChI is InChI=1S/C26H26FNO3/c1-18-11-12-19(16-28-26(2,17-29)25(30)31)15-22(18)14-13-21-9-6-10-23(24(21)27)20-7-4-3-5-8-20/h3-15,28-29H,16-17H2,1-2H3,(H,30,31)/b14-13+/t26-/m0/s1. The number of aliphatic hydroxyl groups excluding tert-OH is 1. The third-order valence-electron chi connectivity index (χ3n) is 5.37. The van der Waals surface area contributed by atoms with E-state index in [2.05, 4.69) is 5.32 Å². The van der Waals surface area contributed by atoms with Crippen molar-refractivity contribution in [1.82, 2.24) is 5.32 Å². The molecule has 0 aliphatic rings. The molecular weight excluding hydrogens is 393 g/mol. The molecule has 3 aromatic carbocycles. The average Bonchev–Trinajstić information content (AvgIpc) is 2.78. The SMILES string of the molecule is Cc1ccc(CN[C@@](C)(CO)C(=O)O)cc1/C=C/c1cccc(-c2ccccc2)c1F. The van der Waals surface area contributed by atoms with Crippen LogP contribution in [0.25, 0.3) is 23.3 Å². The number of rotatable bonds is 8. The van der Waals surface area contributed by atoms with Crippen LogP contribution in [0.3, 0.4) is 0 Å². The summed E-state index contributed by atoms with van der Waals surface area (Å²) in [7, 11) is 0. The second kappa shape index (κ2) is 9.69. The fourth-order valence-electron chi connectivity index (χ4n) is 3.17. The summed E-state index contributed by atoms with van der Waals surface area (Å²) in [5.74, 6) is -1.39. The Morgan fingerprint density at radius 1 is 1.03 bits per heavy atom. The molecule has 0 radical (unpaired) electrons. The minimum absolute atomic E-state index is 0.277. The highest BCUT2D eigenvalue weighted by Gasteiger charge is 2.31. The summed E-state index contributed by atoms with van der Waals surface area (Å²) in [6.07, 6.45) is 3.60. The van der Waals surface area contributed by atoms with Crippen molar-refractivity contribution in [3.05, 3.63) is 94.8 Å². The van der Waals surface area contributed by atoms with Crippen LogP contribution >= 0.6 is 0 Å². The highest BCUT2D eigenvalue weighted by Crippen LogP contribution is 2.26. The summed E-state index contributed by atoms with van der Waals surface area (Å²) in [6, 6.07) is 20.5. The maximum atomic E-state index is 15.1. The van der Waals surface area contributed by atoms with Crippen LogP contribution in [-0.4, -0.2) is 28.3 Å². The number of hydrogen-bond donors (Lipinski definition) is 3. The van der Waals surface area contributed by atoms with Gasteiger partial charge >= 0.3 is 5.97 Å². The number of nitrogens with one attached hydrogen (secondary N) is 1. The summed E-state index contributed by atoms with van der Waals surface area (Å²) in [6.45, 7) is 3.16. The van der Waals surface area contributed by atoms with Crippen molar-refractivity contribution in [1.29, 1.82) is 0 Å². The predicted octanol–water partition coefficient (Wildman–Crippen LogP) is 4.90. The molecule has 0 saturated heterocycles. The number of carboxylic acids is 1. The smallest absolute Gasteiger partial charge is 0.326 e. The van der Waals surface area contributed by atoms with Gasteiger partial charge in [-0.15, -0.1) is 0 Å². The minimum Gasteiger partial charge on any atom is -0.480 e. The molecule has 31 heavy (non-hydrogen) atoms. The molecule has 0 unspecified atom stereocenters. The number of hydrogen-bond acceptors (Lipinski definition) is 3. The first-order valence-electron chi connectivity index (χ1n) is 10.0. The van der Waals surface area contributed by atoms with E-state index < -0.39 is 18.1 Å². The van der Waals surface area contributed by atoms with Gasteiger partial charge in [0, 0.05) is 17.7 Å². The van der Waals surface area contributed by atoms with Gasteiger partial charge in [0.2, 0.25) is 0 Å². The van der Waals surface area contributed by atoms with Crippen LogP contribution in [0.4, 0.5) is 4.39 Å². The van der Waals surface area contributed by atoms with E-state index in [1.165, 1.54) is 6.92 Å². The molecule has 160 valence electrons. The number of aliphatic hydroxyl groups is 1. The molecule has 0 saturated carbocycles. The van der Waals surface area contributed by atoms with Gasteiger partial charge in [-0.1, -0.05) is 78.9 Å². The lowest BCUT2D eigenvalue weighted by molar-refractivity contribution is -0.145. The van der Waals surface area contributed by atoms with E-state index in [0.717, 1.165) is 22.3 Å². The van der Waals surface area contributed by atoms with Crippen molar-refractivity contribution in [3.63, 3.8) is 0 Å². The molecule has 0 amide bonds. The van der Waals surface area contributed by atoms with Crippen LogP contribution in [0.5, 0.6) is 0 Å². The zero-order valence-electron chi connectivity index (χ0n) is 17.6. The fraction of sp³-hybridized carbons (Fsp3) is 0.192. The van der Waals surface area contributed by atoms with Gasteiger partial charge < -0.3 is 10.2 Å². The Labute approximate surface area is 181 Å². The van der Waals surface area contributed by atoms with E-state index in [9.17, 15) is 15.0 Å². The maximum absolute atomic E-state index is 15.1. The third kappa shape index (κ3) is 5.26. The lowest BCUT2D eigenvalue weighted by Gasteiger charge is -2.24. The number of aryl methyl sites for hydroxylation is 1. The molecule has 5 heteroatoms. The van der Waals surface area contributed by atoms with Gasteiger partial charge in [-0.2, -0.15) is 0 Å². The van der Waals surface area contributed by atoms with Crippen LogP contribution in [0, 0.1) is 12.7 Å². The molecule has 3 rings (SSSR count). The van der Waals surface area contributed by atoms with Crippen LogP contribution < -0.4 is 5.32 Å². The Kier molecular flexibility index (Phi) is 7.00. The Morgan fingerprint density at radius 2 is 1.74 bits per heavy atom. The van der Waals surface area contributed by atoms with Crippen LogP contribution in [0.15, 0.2) is 66.7 Å². The lowest BCUT2D eigenvalue weighted by Crippen LogP contribution is -2.52. The molecule has 0 spiro atoms. The quantitative estimate of drug-likeness (QED) is 0.455. The normalized spacial score (nSPS) is 13.3. The first kappa shape index (κ1) is 22.4. The van der Waals surface area contributed by atoms with Gasteiger partial charge in [0.25, 0.3) is 0 Å². The molecule has 3 N–H and O–H groups in total. The third-order valence-corrected chi connectivity index (χ3v) is 5.37. The van der Waals surface area contributed by atoms with Gasteiger partial charge in [0.15, 0.2) is 0 Å². The Balaban J connectivity index is 1.83. The molecule has 0 aliphatic heterocycles. The number of benzene rings is 3. The molecule has 0 heterocycles. The van der Waals surface area contributed by atoms with E-state index in [1.807, 2.05) is 67.6 Å². The first-order valence-corrected chi connectivity index (χ1v) is 10.0. The number of carbonyl (C=O) groups is 1. The van der Waals surface area contributed by atoms with Gasteiger partial charge in [-0.25, -0.2) is 4.39 Å². The van der Waals surface area contributed by atoms with Crippen LogP contribution in [-0.2, 0) is 11.3 Å². The van der Waals surface area contributed by atoms with Crippen molar-refractivity contribution in [2.24, 2.45) is 0 Å². The van der Waals surface area contributed by atoms with Crippen molar-refractivity contribution < 1.29 is 19.4 Å². The number of halogens is 1. The van der Waals surface area contributed by atoms with Crippen LogP contribution in [0.1, 0.15) is 29.2 Å². The molecule has 4 nitrogen and oxygen atoms in total. The number of aliphatic carboxylic acids is 1. The number of carboxylic acid groups (broad SMARTS) is 1. The highest BCUT2D eigenvalue weighted by atomic mass is 19.1.